The summed E-state index contributed by atoms with van der Waals surface area (Å²) in [4.78, 5) is 31.1. The quantitative estimate of drug-likeness (QED) is 0.127. The average Bonchev–Trinajstić information content (AvgIpc) is 3.51. The van der Waals surface area contributed by atoms with Crippen molar-refractivity contribution < 1.29 is 33.3 Å². The summed E-state index contributed by atoms with van der Waals surface area (Å²) in [6.07, 6.45) is 9.65. The van der Waals surface area contributed by atoms with Crippen LogP contribution in [0, 0.1) is 45.1 Å². The van der Waals surface area contributed by atoms with Gasteiger partial charge < -0.3 is 19.8 Å². The van der Waals surface area contributed by atoms with Crippen molar-refractivity contribution in [1.29, 1.82) is 0 Å². The Labute approximate surface area is 343 Å². The predicted molar refractivity (Wildman–Crippen MR) is 224 cm³/mol. The summed E-state index contributed by atoms with van der Waals surface area (Å²) in [5, 5.41) is 28.4. The topological polar surface area (TPSA) is 87.1 Å². The van der Waals surface area contributed by atoms with Crippen LogP contribution in [0.15, 0.2) is 127 Å². The van der Waals surface area contributed by atoms with Crippen LogP contribution in [0.3, 0.4) is 0 Å². The van der Waals surface area contributed by atoms with Gasteiger partial charge in [0.2, 0.25) is 0 Å². The van der Waals surface area contributed by atoms with E-state index in [1.165, 1.54) is 6.07 Å². The van der Waals surface area contributed by atoms with Crippen LogP contribution >= 0.6 is 0 Å². The number of allylic oxidation sites excluding steroid dienone is 4. The van der Waals surface area contributed by atoms with Gasteiger partial charge in [-0.2, -0.15) is 0 Å². The van der Waals surface area contributed by atoms with Gasteiger partial charge in [-0.3, -0.25) is 4.79 Å². The first-order chi connectivity index (χ1) is 28.3. The van der Waals surface area contributed by atoms with E-state index in [1.807, 2.05) is 78.9 Å². The number of halogens is 2. The number of aliphatic hydroxyl groups is 2. The van der Waals surface area contributed by atoms with Crippen molar-refractivity contribution in [2.75, 3.05) is 6.54 Å². The van der Waals surface area contributed by atoms with E-state index in [0.29, 0.717) is 49.8 Å². The third-order valence-electron chi connectivity index (χ3n) is 16.0. The number of Topliss-reactive ketones (excluding diaryl/α,β-unsaturated/α-hetero) is 1. The van der Waals surface area contributed by atoms with Gasteiger partial charge in [0.05, 0.1) is 18.2 Å². The van der Waals surface area contributed by atoms with Crippen molar-refractivity contribution in [1.82, 2.24) is 4.90 Å². The van der Waals surface area contributed by atoms with Crippen LogP contribution in [0.5, 0.6) is 5.75 Å². The fourth-order valence-electron chi connectivity index (χ4n) is 12.9. The van der Waals surface area contributed by atoms with Gasteiger partial charge in [0, 0.05) is 33.9 Å². The zero-order valence-corrected chi connectivity index (χ0v) is 33.5. The number of carbonyl (C=O) groups is 2. The van der Waals surface area contributed by atoms with Gasteiger partial charge in [0.1, 0.15) is 5.75 Å². The third-order valence-corrected chi connectivity index (χ3v) is 16.0. The number of aliphatic hydroxyl groups excluding tert-OH is 1. The summed E-state index contributed by atoms with van der Waals surface area (Å²) in [7, 11) is 0. The minimum atomic E-state index is -1.37. The summed E-state index contributed by atoms with van der Waals surface area (Å²) >= 11 is 0. The molecule has 0 aromatic heterocycles. The molecule has 5 aromatic carbocycles. The summed E-state index contributed by atoms with van der Waals surface area (Å²) in [6, 6.07) is 30.9. The molecule has 1 unspecified atom stereocenters. The number of nitrogens with zero attached hydrogens (tertiary/aromatic N) is 1. The number of rotatable bonds is 7. The zero-order valence-electron chi connectivity index (χ0n) is 33.5. The minimum Gasteiger partial charge on any atom is -0.410 e. The molecule has 0 aliphatic heterocycles. The number of amides is 1. The molecule has 0 radical (unpaired) electrons. The second-order valence-corrected chi connectivity index (χ2v) is 18.6. The smallest absolute Gasteiger partial charge is 0.410 e. The highest BCUT2D eigenvalue weighted by Gasteiger charge is 2.74. The molecule has 6 aliphatic carbocycles. The molecular weight excluding hydrogens is 745 g/mol. The molecule has 3 saturated carbocycles. The number of ether oxygens (including phenoxy) is 1. The standard InChI is InChI=1S/C51H49F2NO5/c1-47-21-18-37(55)28-49(47)24-25-51(40(29-49)45(56)35-15-17-41(52)42(53)27-35)43(47)19-22-48(2)44(51)20-23-50(48,58)31-54(30-36-12-7-11-33-9-5-6-13-39(33)36)46(57)59-38-16-14-32-8-3-4-10-34(32)26-38/h3-17,24-27,29,37,43-44,55,58H,18-23,28,30-31H2,1-2H3/t37?,43-,44-,47-,48+,49+,50-,51-/m1/s1. The Balaban J connectivity index is 1.05. The first-order valence-corrected chi connectivity index (χ1v) is 21.1. The largest absolute Gasteiger partial charge is 0.415 e. The van der Waals surface area contributed by atoms with Gasteiger partial charge in [-0.15, -0.1) is 0 Å². The van der Waals surface area contributed by atoms with Gasteiger partial charge in [-0.1, -0.05) is 105 Å². The van der Waals surface area contributed by atoms with Gasteiger partial charge in [0.25, 0.3) is 0 Å². The van der Waals surface area contributed by atoms with Gasteiger partial charge in [-0.25, -0.2) is 13.6 Å². The van der Waals surface area contributed by atoms with Crippen LogP contribution in [0.2, 0.25) is 0 Å². The van der Waals surface area contributed by atoms with Crippen molar-refractivity contribution in [3.8, 4) is 5.75 Å². The number of fused-ring (bicyclic) bond motifs is 3. The second-order valence-electron chi connectivity index (χ2n) is 18.6. The van der Waals surface area contributed by atoms with Crippen molar-refractivity contribution in [2.24, 2.45) is 33.5 Å². The van der Waals surface area contributed by atoms with Gasteiger partial charge >= 0.3 is 6.09 Å². The molecule has 6 aliphatic rings. The fourth-order valence-corrected chi connectivity index (χ4v) is 12.9. The van der Waals surface area contributed by atoms with E-state index in [-0.39, 0.29) is 41.7 Å². The molecule has 3 fully saturated rings. The molecule has 6 nitrogen and oxygen atoms in total. The first kappa shape index (κ1) is 38.0. The van der Waals surface area contributed by atoms with Crippen molar-refractivity contribution in [2.45, 2.75) is 77.0 Å². The lowest BCUT2D eigenvalue weighted by Crippen LogP contribution is -2.67. The Bertz CT molecular complexity index is 2620. The molecular formula is C51H49F2NO5. The monoisotopic (exact) mass is 793 g/mol. The maximum atomic E-state index is 14.9. The summed E-state index contributed by atoms with van der Waals surface area (Å²) in [5.74, 6) is -2.25. The fraction of sp³-hybridized carbons (Fsp3) is 0.373. The Morgan fingerprint density at radius 1 is 0.763 bits per heavy atom. The van der Waals surface area contributed by atoms with Crippen LogP contribution in [-0.4, -0.2) is 45.2 Å². The highest BCUT2D eigenvalue weighted by molar-refractivity contribution is 6.10. The lowest BCUT2D eigenvalue weighted by molar-refractivity contribution is -0.175. The predicted octanol–water partition coefficient (Wildman–Crippen LogP) is 10.7. The van der Waals surface area contributed by atoms with Crippen LogP contribution in [0.4, 0.5) is 13.6 Å². The van der Waals surface area contributed by atoms with Gasteiger partial charge in [0.15, 0.2) is 17.4 Å². The van der Waals surface area contributed by atoms with E-state index in [1.54, 1.807) is 11.0 Å². The van der Waals surface area contributed by atoms with Crippen molar-refractivity contribution in [3.05, 3.63) is 150 Å². The number of benzene rings is 5. The van der Waals surface area contributed by atoms with Crippen molar-refractivity contribution in [3.63, 3.8) is 0 Å². The number of carbonyl (C=O) groups excluding carboxylic acids is 2. The molecule has 5 aromatic rings. The number of ketones is 1. The maximum absolute atomic E-state index is 14.9. The second kappa shape index (κ2) is 13.4. The SMILES string of the molecule is C[C@]12CC[C@H]3[C@]4(C=C[C@@]5(C=C4C(=O)c4ccc(F)c(F)c4)CC(O)CC[C@]35C)[C@@H]1CC[C@@]2(O)CN(Cc1cccc2ccccc12)C(=O)Oc1ccc2ccccc2c1. The van der Waals surface area contributed by atoms with E-state index in [9.17, 15) is 28.6 Å². The summed E-state index contributed by atoms with van der Waals surface area (Å²) < 4.78 is 35.1. The minimum absolute atomic E-state index is 0.00363. The Morgan fingerprint density at radius 3 is 2.29 bits per heavy atom. The van der Waals surface area contributed by atoms with Crippen LogP contribution < -0.4 is 4.74 Å². The van der Waals surface area contributed by atoms with Crippen LogP contribution in [-0.2, 0) is 6.54 Å². The lowest BCUT2D eigenvalue weighted by atomic mass is 9.32. The normalized spacial score (nSPS) is 32.9. The van der Waals surface area contributed by atoms with Gasteiger partial charge in [-0.05, 0) is 120 Å². The molecule has 2 N–H and O–H groups in total. The van der Waals surface area contributed by atoms with E-state index in [2.05, 4.69) is 32.1 Å². The third kappa shape index (κ3) is 5.55. The summed E-state index contributed by atoms with van der Waals surface area (Å²) in [5.41, 5.74) is -2.24. The molecule has 11 rings (SSSR count). The Morgan fingerprint density at radius 2 is 1.47 bits per heavy atom. The Hall–Kier alpha value is -5.18. The first-order valence-electron chi connectivity index (χ1n) is 21.1. The molecule has 302 valence electrons. The maximum Gasteiger partial charge on any atom is 0.415 e. The zero-order chi connectivity index (χ0) is 41.0. The lowest BCUT2D eigenvalue weighted by Gasteiger charge is -2.71. The highest BCUT2D eigenvalue weighted by Crippen LogP contribution is 2.78. The average molecular weight is 794 g/mol. The molecule has 8 atom stereocenters. The van der Waals surface area contributed by atoms with E-state index >= 15 is 0 Å². The van der Waals surface area contributed by atoms with E-state index < -0.39 is 45.7 Å². The van der Waals surface area contributed by atoms with Crippen molar-refractivity contribution >= 4 is 33.4 Å². The molecule has 1 amide bonds. The molecule has 0 heterocycles. The molecule has 0 saturated heterocycles. The molecule has 8 heteroatoms. The van der Waals surface area contributed by atoms with Crippen LogP contribution in [0.25, 0.3) is 21.5 Å². The molecule has 59 heavy (non-hydrogen) atoms. The van der Waals surface area contributed by atoms with E-state index in [4.69, 9.17) is 4.74 Å². The highest BCUT2D eigenvalue weighted by atomic mass is 19.2. The number of hydrogen-bond acceptors (Lipinski definition) is 5. The van der Waals surface area contributed by atoms with E-state index in [0.717, 1.165) is 45.7 Å². The summed E-state index contributed by atoms with van der Waals surface area (Å²) in [6.45, 7) is 4.63. The molecule has 2 spiro atoms. The number of hydrogen-bond donors (Lipinski definition) is 2. The van der Waals surface area contributed by atoms with Crippen LogP contribution in [0.1, 0.15) is 74.7 Å². The molecule has 2 bridgehead atoms. The Kier molecular flexibility index (Phi) is 8.65.